The zero-order valence-corrected chi connectivity index (χ0v) is 24.0. The Balaban J connectivity index is 1.84. The molecule has 0 atom stereocenters. The summed E-state index contributed by atoms with van der Waals surface area (Å²) < 4.78 is 38.7. The van der Waals surface area contributed by atoms with Crippen LogP contribution in [-0.4, -0.2) is 12.9 Å². The number of aliphatic imine (C=N–C) groups is 1. The minimum absolute atomic E-state index is 0.0687. The summed E-state index contributed by atoms with van der Waals surface area (Å²) in [6, 6.07) is 18.3. The van der Waals surface area contributed by atoms with Crippen LogP contribution in [0.1, 0.15) is 55.6 Å². The average Bonchev–Trinajstić information content (AvgIpc) is 2.80. The third kappa shape index (κ3) is 6.03. The van der Waals surface area contributed by atoms with Gasteiger partial charge in [0.05, 0.1) is 11.3 Å². The summed E-state index contributed by atoms with van der Waals surface area (Å²) in [4.78, 5) is 4.62. The molecule has 0 amide bonds. The monoisotopic (exact) mass is 525 g/mol. The number of rotatable bonds is 5. The molecule has 0 aliphatic rings. The molecule has 0 radical (unpaired) electrons. The van der Waals surface area contributed by atoms with Crippen molar-refractivity contribution < 1.29 is 13.2 Å². The van der Waals surface area contributed by atoms with Gasteiger partial charge in [-0.15, -0.1) is 0 Å². The largest absolute Gasteiger partial charge is 0.416 e. The maximum absolute atomic E-state index is 12.9. The first kappa shape index (κ1) is 28.4. The van der Waals surface area contributed by atoms with E-state index in [4.69, 9.17) is 0 Å². The molecule has 0 saturated heterocycles. The van der Waals surface area contributed by atoms with Crippen molar-refractivity contribution in [3.63, 3.8) is 0 Å². The van der Waals surface area contributed by atoms with Crippen LogP contribution in [0.3, 0.4) is 0 Å². The zero-order chi connectivity index (χ0) is 28.6. The summed E-state index contributed by atoms with van der Waals surface area (Å²) in [6.07, 6.45) is -2.73. The molecule has 0 spiro atoms. The van der Waals surface area contributed by atoms with Gasteiger partial charge < -0.3 is 0 Å². The van der Waals surface area contributed by atoms with Gasteiger partial charge in [0.15, 0.2) is 0 Å². The lowest BCUT2D eigenvalue weighted by atomic mass is 9.33. The lowest BCUT2D eigenvalue weighted by Gasteiger charge is -2.27. The second-order valence-corrected chi connectivity index (χ2v) is 10.9. The highest BCUT2D eigenvalue weighted by molar-refractivity contribution is 6.97. The van der Waals surface area contributed by atoms with Gasteiger partial charge in [-0.1, -0.05) is 97.3 Å². The molecule has 0 saturated carbocycles. The Hall–Kier alpha value is -3.60. The van der Waals surface area contributed by atoms with Crippen LogP contribution in [0.25, 0.3) is 0 Å². The predicted molar refractivity (Wildman–Crippen MR) is 161 cm³/mol. The van der Waals surface area contributed by atoms with Crippen LogP contribution in [-0.2, 0) is 6.18 Å². The van der Waals surface area contributed by atoms with Crippen molar-refractivity contribution in [1.29, 1.82) is 0 Å². The van der Waals surface area contributed by atoms with Crippen molar-refractivity contribution in [1.82, 2.24) is 0 Å². The Morgan fingerprint density at radius 1 is 0.564 bits per heavy atom. The minimum atomic E-state index is -4.35. The molecule has 4 aromatic carbocycles. The number of hydrogen-bond acceptors (Lipinski definition) is 1. The molecule has 1 nitrogen and oxygen atoms in total. The van der Waals surface area contributed by atoms with Gasteiger partial charge in [-0.05, 0) is 85.2 Å². The van der Waals surface area contributed by atoms with E-state index in [0.29, 0.717) is 5.56 Å². The van der Waals surface area contributed by atoms with Gasteiger partial charge in [0, 0.05) is 6.21 Å². The smallest absolute Gasteiger partial charge is 0.256 e. The van der Waals surface area contributed by atoms with E-state index in [1.807, 2.05) is 0 Å². The highest BCUT2D eigenvalue weighted by atomic mass is 19.4. The number of nitrogens with zero attached hydrogens (tertiary/aromatic N) is 1. The highest BCUT2D eigenvalue weighted by Crippen LogP contribution is 2.29. The number of alkyl halides is 3. The summed E-state index contributed by atoms with van der Waals surface area (Å²) in [5.74, 6) is 0. The fourth-order valence-electron chi connectivity index (χ4n) is 6.12. The third-order valence-electron chi connectivity index (χ3n) is 7.52. The van der Waals surface area contributed by atoms with Crippen LogP contribution in [0.4, 0.5) is 18.9 Å². The molecule has 0 fully saturated rings. The second-order valence-electron chi connectivity index (χ2n) is 10.9. The van der Waals surface area contributed by atoms with Gasteiger partial charge in [0.1, 0.15) is 0 Å². The van der Waals surface area contributed by atoms with Crippen molar-refractivity contribution >= 4 is 35.0 Å². The molecule has 4 aromatic rings. The normalized spacial score (nSPS) is 11.9. The SMILES string of the molecule is Cc1cc(C)c(B(c2c(C)cc(C)cc2C)c2c(C)cc(N=Cc3ccc(C(F)(F)F)cc3)cc2C)c(C)c1. The van der Waals surface area contributed by atoms with E-state index in [1.165, 1.54) is 61.9 Å². The van der Waals surface area contributed by atoms with Crippen molar-refractivity contribution in [3.05, 3.63) is 116 Å². The molecule has 0 aromatic heterocycles. The first-order valence-corrected chi connectivity index (χ1v) is 13.2. The van der Waals surface area contributed by atoms with Gasteiger partial charge >= 0.3 is 6.18 Å². The summed E-state index contributed by atoms with van der Waals surface area (Å²) in [5, 5.41) is 0. The van der Waals surface area contributed by atoms with Gasteiger partial charge in [-0.25, -0.2) is 0 Å². The Kier molecular flexibility index (Phi) is 7.93. The Morgan fingerprint density at radius 3 is 1.28 bits per heavy atom. The number of benzene rings is 4. The Morgan fingerprint density at radius 2 is 0.923 bits per heavy atom. The van der Waals surface area contributed by atoms with E-state index in [9.17, 15) is 13.2 Å². The quantitative estimate of drug-likeness (QED) is 0.190. The van der Waals surface area contributed by atoms with Crippen LogP contribution in [0.2, 0.25) is 0 Å². The first-order valence-electron chi connectivity index (χ1n) is 13.2. The third-order valence-corrected chi connectivity index (χ3v) is 7.52. The van der Waals surface area contributed by atoms with E-state index in [2.05, 4.69) is 96.8 Å². The lowest BCUT2D eigenvalue weighted by molar-refractivity contribution is -0.137. The second kappa shape index (κ2) is 10.9. The van der Waals surface area contributed by atoms with Crippen molar-refractivity contribution in [2.24, 2.45) is 4.99 Å². The Labute approximate surface area is 230 Å². The number of aryl methyl sites for hydroxylation is 8. The maximum Gasteiger partial charge on any atom is 0.416 e. The lowest BCUT2D eigenvalue weighted by Crippen LogP contribution is -2.57. The maximum atomic E-state index is 12.9. The number of halogens is 3. The molecule has 0 N–H and O–H groups in total. The minimum Gasteiger partial charge on any atom is -0.256 e. The van der Waals surface area contributed by atoms with Gasteiger partial charge in [-0.2, -0.15) is 13.2 Å². The Bertz CT molecular complexity index is 1440. The zero-order valence-electron chi connectivity index (χ0n) is 24.0. The van der Waals surface area contributed by atoms with E-state index >= 15 is 0 Å². The molecular formula is C34H35BF3N. The highest BCUT2D eigenvalue weighted by Gasteiger charge is 2.31. The molecule has 200 valence electrons. The van der Waals surface area contributed by atoms with E-state index in [-0.39, 0.29) is 6.71 Å². The summed E-state index contributed by atoms with van der Waals surface area (Å²) in [6.45, 7) is 17.4. The number of hydrogen-bond donors (Lipinski definition) is 0. The van der Waals surface area contributed by atoms with Crippen LogP contribution in [0.5, 0.6) is 0 Å². The van der Waals surface area contributed by atoms with Crippen molar-refractivity contribution in [2.45, 2.75) is 61.6 Å². The van der Waals surface area contributed by atoms with Crippen LogP contribution < -0.4 is 16.4 Å². The predicted octanol–water partition coefficient (Wildman–Crippen LogP) is 7.44. The van der Waals surface area contributed by atoms with E-state index in [1.54, 1.807) is 6.21 Å². The van der Waals surface area contributed by atoms with Gasteiger partial charge in [0.2, 0.25) is 6.71 Å². The molecule has 0 bridgehead atoms. The van der Waals surface area contributed by atoms with Crippen LogP contribution in [0.15, 0.2) is 65.7 Å². The first-order chi connectivity index (χ1) is 18.3. The standard InChI is InChI=1S/C34H35BF3N/c1-20-13-22(3)31(23(4)14-20)35(32-24(5)15-21(2)16-25(32)6)33-26(7)17-30(18-27(33)8)39-19-28-9-11-29(12-10-28)34(36,37)38/h9-19H,1-8H3. The molecule has 0 unspecified atom stereocenters. The summed E-state index contributed by atoms with van der Waals surface area (Å²) in [5.41, 5.74) is 14.6. The molecule has 0 heterocycles. The fourth-order valence-corrected chi connectivity index (χ4v) is 6.12. The molecular weight excluding hydrogens is 490 g/mol. The summed E-state index contributed by atoms with van der Waals surface area (Å²) >= 11 is 0. The van der Waals surface area contributed by atoms with Crippen molar-refractivity contribution in [3.8, 4) is 0 Å². The molecule has 4 rings (SSSR count). The fraction of sp³-hybridized carbons (Fsp3) is 0.265. The van der Waals surface area contributed by atoms with Crippen LogP contribution >= 0.6 is 0 Å². The van der Waals surface area contributed by atoms with E-state index < -0.39 is 11.7 Å². The molecule has 39 heavy (non-hydrogen) atoms. The van der Waals surface area contributed by atoms with Gasteiger partial charge in [-0.3, -0.25) is 4.99 Å². The van der Waals surface area contributed by atoms with Gasteiger partial charge in [0.25, 0.3) is 0 Å². The summed E-state index contributed by atoms with van der Waals surface area (Å²) in [7, 11) is 0. The average molecular weight is 525 g/mol. The van der Waals surface area contributed by atoms with E-state index in [0.717, 1.165) is 28.9 Å². The molecule has 5 heteroatoms. The molecule has 0 aliphatic heterocycles. The topological polar surface area (TPSA) is 12.4 Å². The molecule has 0 aliphatic carbocycles. The van der Waals surface area contributed by atoms with Crippen LogP contribution in [0, 0.1) is 55.4 Å². The van der Waals surface area contributed by atoms with Crippen molar-refractivity contribution in [2.75, 3.05) is 0 Å².